The normalized spacial score (nSPS) is 18.0. The average molecular weight is 339 g/mol. The highest BCUT2D eigenvalue weighted by molar-refractivity contribution is 7.19. The predicted octanol–water partition coefficient (Wildman–Crippen LogP) is 3.21. The number of fused-ring (bicyclic) bond motifs is 3. The molecular formula is C18H21N5S. The van der Waals surface area contributed by atoms with Crippen molar-refractivity contribution in [3.8, 4) is 0 Å². The molecule has 0 bridgehead atoms. The summed E-state index contributed by atoms with van der Waals surface area (Å²) >= 11 is 1.89. The molecule has 24 heavy (non-hydrogen) atoms. The van der Waals surface area contributed by atoms with Crippen LogP contribution in [0.4, 0.5) is 5.82 Å². The second-order valence-electron chi connectivity index (χ2n) is 7.02. The quantitative estimate of drug-likeness (QED) is 0.735. The van der Waals surface area contributed by atoms with Gasteiger partial charge >= 0.3 is 0 Å². The number of hydrogen-bond acceptors (Lipinski definition) is 5. The molecule has 1 aliphatic heterocycles. The molecule has 0 unspecified atom stereocenters. The van der Waals surface area contributed by atoms with Crippen molar-refractivity contribution in [2.75, 3.05) is 18.0 Å². The van der Waals surface area contributed by atoms with Gasteiger partial charge in [-0.1, -0.05) is 0 Å². The van der Waals surface area contributed by atoms with Gasteiger partial charge in [-0.15, -0.1) is 11.3 Å². The summed E-state index contributed by atoms with van der Waals surface area (Å²) in [5, 5.41) is 1.35. The van der Waals surface area contributed by atoms with Crippen LogP contribution in [0, 0.1) is 12.8 Å². The van der Waals surface area contributed by atoms with Crippen molar-refractivity contribution in [2.45, 2.75) is 39.2 Å². The Morgan fingerprint density at radius 1 is 1.21 bits per heavy atom. The lowest BCUT2D eigenvalue weighted by molar-refractivity contribution is 0.356. The third-order valence-corrected chi connectivity index (χ3v) is 6.38. The van der Waals surface area contributed by atoms with Crippen LogP contribution in [-0.4, -0.2) is 32.6 Å². The Labute approximate surface area is 145 Å². The van der Waals surface area contributed by atoms with E-state index in [1.54, 1.807) is 4.88 Å². The van der Waals surface area contributed by atoms with Crippen molar-refractivity contribution in [1.29, 1.82) is 0 Å². The van der Waals surface area contributed by atoms with E-state index in [1.807, 2.05) is 37.0 Å². The van der Waals surface area contributed by atoms with Gasteiger partial charge in [0.25, 0.3) is 0 Å². The van der Waals surface area contributed by atoms with E-state index < -0.39 is 0 Å². The second kappa shape index (κ2) is 5.55. The summed E-state index contributed by atoms with van der Waals surface area (Å²) in [6.07, 6.45) is 10.8. The zero-order valence-corrected chi connectivity index (χ0v) is 14.7. The van der Waals surface area contributed by atoms with E-state index in [1.165, 1.54) is 47.3 Å². The lowest BCUT2D eigenvalue weighted by atomic mass is 9.95. The number of rotatable bonds is 3. The van der Waals surface area contributed by atoms with Crippen LogP contribution < -0.4 is 4.90 Å². The van der Waals surface area contributed by atoms with Gasteiger partial charge in [0.15, 0.2) is 0 Å². The third-order valence-electron chi connectivity index (χ3n) is 5.19. The van der Waals surface area contributed by atoms with Crippen LogP contribution in [0.3, 0.4) is 0 Å². The minimum absolute atomic E-state index is 0.680. The minimum Gasteiger partial charge on any atom is -0.355 e. The first kappa shape index (κ1) is 14.4. The van der Waals surface area contributed by atoms with Crippen LogP contribution in [-0.2, 0) is 19.4 Å². The molecule has 0 aromatic carbocycles. The Morgan fingerprint density at radius 3 is 2.92 bits per heavy atom. The molecular weight excluding hydrogens is 318 g/mol. The Morgan fingerprint density at radius 2 is 2.08 bits per heavy atom. The molecule has 2 aliphatic rings. The minimum atomic E-state index is 0.680. The first-order valence-electron chi connectivity index (χ1n) is 8.77. The SMILES string of the molecule is Cc1nc(N2CC(Cn3ccnc3)C2)c2c3c(sc2n1)CCCC3. The molecule has 0 N–H and O–H groups in total. The molecule has 0 spiro atoms. The van der Waals surface area contributed by atoms with E-state index in [0.717, 1.165) is 25.5 Å². The van der Waals surface area contributed by atoms with Gasteiger partial charge < -0.3 is 9.47 Å². The molecule has 0 saturated carbocycles. The average Bonchev–Trinajstić information content (AvgIpc) is 3.16. The molecule has 1 saturated heterocycles. The first-order valence-corrected chi connectivity index (χ1v) is 9.59. The van der Waals surface area contributed by atoms with Gasteiger partial charge in [0.2, 0.25) is 0 Å². The van der Waals surface area contributed by atoms with Crippen molar-refractivity contribution in [3.63, 3.8) is 0 Å². The van der Waals surface area contributed by atoms with E-state index in [-0.39, 0.29) is 0 Å². The number of aromatic nitrogens is 4. The predicted molar refractivity (Wildman–Crippen MR) is 96.7 cm³/mol. The second-order valence-corrected chi connectivity index (χ2v) is 8.10. The third kappa shape index (κ3) is 2.32. The molecule has 0 atom stereocenters. The summed E-state index contributed by atoms with van der Waals surface area (Å²) < 4.78 is 2.18. The topological polar surface area (TPSA) is 46.8 Å². The maximum absolute atomic E-state index is 4.84. The van der Waals surface area contributed by atoms with E-state index in [4.69, 9.17) is 9.97 Å². The molecule has 0 radical (unpaired) electrons. The summed E-state index contributed by atoms with van der Waals surface area (Å²) in [6, 6.07) is 0. The zero-order chi connectivity index (χ0) is 16.1. The number of hydrogen-bond donors (Lipinski definition) is 0. The molecule has 3 aromatic heterocycles. The summed E-state index contributed by atoms with van der Waals surface area (Å²) in [5.41, 5.74) is 1.54. The molecule has 5 rings (SSSR count). The summed E-state index contributed by atoms with van der Waals surface area (Å²) in [7, 11) is 0. The highest BCUT2D eigenvalue weighted by atomic mass is 32.1. The molecule has 5 nitrogen and oxygen atoms in total. The van der Waals surface area contributed by atoms with Gasteiger partial charge in [-0.3, -0.25) is 0 Å². The van der Waals surface area contributed by atoms with E-state index >= 15 is 0 Å². The number of aryl methyl sites for hydroxylation is 3. The Bertz CT molecular complexity index is 877. The molecule has 1 aliphatic carbocycles. The van der Waals surface area contributed by atoms with Crippen LogP contribution in [0.25, 0.3) is 10.2 Å². The molecule has 1 fully saturated rings. The highest BCUT2D eigenvalue weighted by Crippen LogP contribution is 2.41. The Balaban J connectivity index is 1.45. The number of imidazole rings is 1. The van der Waals surface area contributed by atoms with Crippen LogP contribution in [0.15, 0.2) is 18.7 Å². The monoisotopic (exact) mass is 339 g/mol. The van der Waals surface area contributed by atoms with Gasteiger partial charge in [0, 0.05) is 42.8 Å². The lowest BCUT2D eigenvalue weighted by Crippen LogP contribution is -2.49. The first-order chi connectivity index (χ1) is 11.8. The van der Waals surface area contributed by atoms with Crippen LogP contribution in [0.2, 0.25) is 0 Å². The number of nitrogens with zero attached hydrogens (tertiary/aromatic N) is 5. The fourth-order valence-corrected chi connectivity index (χ4v) is 5.32. The van der Waals surface area contributed by atoms with Gasteiger partial charge in [0.1, 0.15) is 16.5 Å². The molecule has 6 heteroatoms. The summed E-state index contributed by atoms with van der Waals surface area (Å²) in [6.45, 7) is 5.22. The van der Waals surface area contributed by atoms with Gasteiger partial charge in [0.05, 0.1) is 11.7 Å². The number of anilines is 1. The van der Waals surface area contributed by atoms with E-state index in [9.17, 15) is 0 Å². The molecule has 0 amide bonds. The van der Waals surface area contributed by atoms with Crippen molar-refractivity contribution in [3.05, 3.63) is 35.0 Å². The largest absolute Gasteiger partial charge is 0.355 e. The van der Waals surface area contributed by atoms with E-state index in [0.29, 0.717) is 5.92 Å². The van der Waals surface area contributed by atoms with Crippen LogP contribution in [0.1, 0.15) is 29.1 Å². The summed E-state index contributed by atoms with van der Waals surface area (Å²) in [4.78, 5) is 18.9. The Hall–Kier alpha value is -1.95. The molecule has 124 valence electrons. The highest BCUT2D eigenvalue weighted by Gasteiger charge is 2.31. The smallest absolute Gasteiger partial charge is 0.141 e. The maximum atomic E-state index is 4.84. The van der Waals surface area contributed by atoms with E-state index in [2.05, 4.69) is 14.5 Å². The fraction of sp³-hybridized carbons (Fsp3) is 0.500. The lowest BCUT2D eigenvalue weighted by Gasteiger charge is -2.40. The zero-order valence-electron chi connectivity index (χ0n) is 13.9. The van der Waals surface area contributed by atoms with Crippen molar-refractivity contribution in [1.82, 2.24) is 19.5 Å². The Kier molecular flexibility index (Phi) is 3.33. The molecule has 3 aromatic rings. The van der Waals surface area contributed by atoms with Gasteiger partial charge in [-0.25, -0.2) is 15.0 Å². The number of thiophene rings is 1. The molecule has 4 heterocycles. The maximum Gasteiger partial charge on any atom is 0.141 e. The van der Waals surface area contributed by atoms with Crippen molar-refractivity contribution < 1.29 is 0 Å². The van der Waals surface area contributed by atoms with Gasteiger partial charge in [-0.2, -0.15) is 0 Å². The van der Waals surface area contributed by atoms with Gasteiger partial charge in [-0.05, 0) is 38.2 Å². The van der Waals surface area contributed by atoms with Crippen molar-refractivity contribution in [2.24, 2.45) is 5.92 Å². The standard InChI is InChI=1S/C18H21N5S/c1-12-20-17(23-9-13(10-23)8-22-7-6-19-11-22)16-14-4-2-3-5-15(14)24-18(16)21-12/h6-7,11,13H,2-5,8-10H2,1H3. The van der Waals surface area contributed by atoms with Crippen LogP contribution >= 0.6 is 11.3 Å². The fourth-order valence-electron chi connectivity index (χ4n) is 4.02. The van der Waals surface area contributed by atoms with Crippen molar-refractivity contribution >= 4 is 27.4 Å². The van der Waals surface area contributed by atoms with Crippen LogP contribution in [0.5, 0.6) is 0 Å². The summed E-state index contributed by atoms with van der Waals surface area (Å²) in [5.74, 6) is 2.76.